The topological polar surface area (TPSA) is 35.5 Å². The Hall–Kier alpha value is -0.670. The van der Waals surface area contributed by atoms with E-state index in [9.17, 15) is 4.79 Å². The summed E-state index contributed by atoms with van der Waals surface area (Å²) in [6, 6.07) is 5.77. The standard InChI is InChI=1S/C28H38I2O3/c1-6-7-9-24(19-30)27-16-21(4)18-28(33-27,14-15-29)13-8-10-25(31)23-11-12-26(22(5)17-23)32-20(2)3/h6-7,9,11-12,17,19-21,27H,1,8,10,13-16,18H2,2-5H3/b9-7-,24-19+. The Morgan fingerprint density at radius 1 is 1.36 bits per heavy atom. The summed E-state index contributed by atoms with van der Waals surface area (Å²) < 4.78 is 15.8. The van der Waals surface area contributed by atoms with Crippen LogP contribution in [0.2, 0.25) is 0 Å². The minimum absolute atomic E-state index is 0.0941. The molecule has 3 unspecified atom stereocenters. The van der Waals surface area contributed by atoms with Crippen molar-refractivity contribution in [1.82, 2.24) is 0 Å². The molecule has 0 saturated carbocycles. The number of benzene rings is 1. The number of aryl methyl sites for hydroxylation is 1. The van der Waals surface area contributed by atoms with Gasteiger partial charge >= 0.3 is 0 Å². The fourth-order valence-electron chi connectivity index (χ4n) is 4.62. The molecule has 2 rings (SSSR count). The van der Waals surface area contributed by atoms with Crippen molar-refractivity contribution in [2.45, 2.75) is 84.0 Å². The molecule has 1 saturated heterocycles. The third kappa shape index (κ3) is 8.80. The van der Waals surface area contributed by atoms with Gasteiger partial charge in [-0.25, -0.2) is 0 Å². The quantitative estimate of drug-likeness (QED) is 0.0964. The van der Waals surface area contributed by atoms with E-state index >= 15 is 0 Å². The van der Waals surface area contributed by atoms with Crippen molar-refractivity contribution in [1.29, 1.82) is 0 Å². The number of ketones is 1. The molecule has 0 aromatic heterocycles. The van der Waals surface area contributed by atoms with Crippen LogP contribution in [-0.4, -0.2) is 28.0 Å². The Bertz CT molecular complexity index is 859. The highest BCUT2D eigenvalue weighted by atomic mass is 127. The fraction of sp³-hybridized carbons (Fsp3) is 0.536. The Morgan fingerprint density at radius 2 is 2.12 bits per heavy atom. The van der Waals surface area contributed by atoms with Gasteiger partial charge in [-0.15, -0.1) is 0 Å². The average Bonchev–Trinajstić information content (AvgIpc) is 2.75. The molecule has 0 amide bonds. The van der Waals surface area contributed by atoms with Crippen molar-refractivity contribution < 1.29 is 14.3 Å². The lowest BCUT2D eigenvalue weighted by Gasteiger charge is -2.44. The zero-order valence-corrected chi connectivity index (χ0v) is 24.7. The highest BCUT2D eigenvalue weighted by Gasteiger charge is 2.40. The largest absolute Gasteiger partial charge is 0.491 e. The first-order chi connectivity index (χ1) is 15.7. The van der Waals surface area contributed by atoms with E-state index in [1.807, 2.05) is 45.0 Å². The number of carbonyl (C=O) groups is 1. The first-order valence-electron chi connectivity index (χ1n) is 11.9. The van der Waals surface area contributed by atoms with Crippen LogP contribution in [0.1, 0.15) is 75.2 Å². The minimum atomic E-state index is -0.165. The van der Waals surface area contributed by atoms with Gasteiger partial charge in [0.25, 0.3) is 0 Å². The lowest BCUT2D eigenvalue weighted by molar-refractivity contribution is -0.134. The van der Waals surface area contributed by atoms with Gasteiger partial charge in [0.05, 0.1) is 17.8 Å². The van der Waals surface area contributed by atoms with Crippen LogP contribution in [0.3, 0.4) is 0 Å². The molecule has 0 N–H and O–H groups in total. The molecule has 1 aliphatic heterocycles. The number of carbonyl (C=O) groups excluding carboxylic acids is 1. The van der Waals surface area contributed by atoms with E-state index in [1.165, 1.54) is 5.57 Å². The third-order valence-electron chi connectivity index (χ3n) is 6.10. The molecule has 0 aliphatic carbocycles. The lowest BCUT2D eigenvalue weighted by atomic mass is 9.78. The molecule has 1 heterocycles. The summed E-state index contributed by atoms with van der Waals surface area (Å²) in [5.41, 5.74) is 2.82. The summed E-state index contributed by atoms with van der Waals surface area (Å²) in [5.74, 6) is 1.63. The fourth-order valence-corrected chi connectivity index (χ4v) is 6.21. The van der Waals surface area contributed by atoms with Crippen LogP contribution in [0, 0.1) is 12.8 Å². The minimum Gasteiger partial charge on any atom is -0.491 e. The number of rotatable bonds is 12. The number of hydrogen-bond acceptors (Lipinski definition) is 3. The van der Waals surface area contributed by atoms with Gasteiger partial charge in [0.15, 0.2) is 5.78 Å². The van der Waals surface area contributed by atoms with Gasteiger partial charge in [-0.1, -0.05) is 76.9 Å². The second-order valence-corrected chi connectivity index (χ2v) is 11.1. The van der Waals surface area contributed by atoms with Gasteiger partial charge in [0.2, 0.25) is 0 Å². The maximum Gasteiger partial charge on any atom is 0.162 e. The number of alkyl halides is 1. The van der Waals surface area contributed by atoms with E-state index in [0.717, 1.165) is 53.4 Å². The number of Topliss-reactive ketones (excluding diaryl/α,β-unsaturated/α-hetero) is 1. The van der Waals surface area contributed by atoms with Crippen LogP contribution in [0.25, 0.3) is 0 Å². The highest BCUT2D eigenvalue weighted by Crippen LogP contribution is 2.41. The van der Waals surface area contributed by atoms with Crippen LogP contribution in [-0.2, 0) is 4.74 Å². The van der Waals surface area contributed by atoms with Crippen molar-refractivity contribution in [2.24, 2.45) is 5.92 Å². The monoisotopic (exact) mass is 676 g/mol. The number of halogens is 2. The van der Waals surface area contributed by atoms with Crippen molar-refractivity contribution in [3.8, 4) is 5.75 Å². The number of hydrogen-bond donors (Lipinski definition) is 0. The van der Waals surface area contributed by atoms with Crippen LogP contribution in [0.5, 0.6) is 5.75 Å². The van der Waals surface area contributed by atoms with Crippen LogP contribution < -0.4 is 4.74 Å². The van der Waals surface area contributed by atoms with Crippen molar-refractivity contribution in [3.63, 3.8) is 0 Å². The highest BCUT2D eigenvalue weighted by molar-refractivity contribution is 14.1. The molecule has 0 bridgehead atoms. The van der Waals surface area contributed by atoms with E-state index < -0.39 is 0 Å². The second-order valence-electron chi connectivity index (χ2n) is 9.40. The molecule has 3 atom stereocenters. The average molecular weight is 676 g/mol. The van der Waals surface area contributed by atoms with E-state index in [2.05, 4.69) is 68.8 Å². The van der Waals surface area contributed by atoms with Crippen molar-refractivity contribution >= 4 is 51.0 Å². The molecule has 1 fully saturated rings. The number of allylic oxidation sites excluding steroid dienone is 2. The Morgan fingerprint density at radius 3 is 2.73 bits per heavy atom. The van der Waals surface area contributed by atoms with Gasteiger partial charge in [0, 0.05) is 16.4 Å². The lowest BCUT2D eigenvalue weighted by Crippen LogP contribution is -2.44. The van der Waals surface area contributed by atoms with Gasteiger partial charge < -0.3 is 9.47 Å². The van der Waals surface area contributed by atoms with Gasteiger partial charge in [-0.05, 0) is 92.2 Å². The van der Waals surface area contributed by atoms with E-state index in [-0.39, 0.29) is 23.6 Å². The van der Waals surface area contributed by atoms with Crippen molar-refractivity contribution in [2.75, 3.05) is 4.43 Å². The first-order valence-corrected chi connectivity index (χ1v) is 14.6. The van der Waals surface area contributed by atoms with E-state index in [4.69, 9.17) is 9.47 Å². The van der Waals surface area contributed by atoms with Gasteiger partial charge in [0.1, 0.15) is 5.75 Å². The summed E-state index contributed by atoms with van der Waals surface area (Å²) in [6.07, 6.45) is 11.5. The van der Waals surface area contributed by atoms with Crippen molar-refractivity contribution in [3.05, 3.63) is 63.8 Å². The Balaban J connectivity index is 2.06. The number of ether oxygens (including phenoxy) is 2. The molecule has 33 heavy (non-hydrogen) atoms. The molecule has 5 heteroatoms. The summed E-state index contributed by atoms with van der Waals surface area (Å²) in [5, 5.41) is 0. The first kappa shape index (κ1) is 28.6. The zero-order chi connectivity index (χ0) is 24.4. The Labute approximate surface area is 227 Å². The molecular weight excluding hydrogens is 638 g/mol. The Kier molecular flexibility index (Phi) is 12.1. The molecule has 0 radical (unpaired) electrons. The van der Waals surface area contributed by atoms with E-state index in [1.54, 1.807) is 6.08 Å². The molecule has 3 nitrogen and oxygen atoms in total. The predicted octanol–water partition coefficient (Wildman–Crippen LogP) is 8.58. The molecular formula is C28H38I2O3. The normalized spacial score (nSPS) is 23.8. The van der Waals surface area contributed by atoms with Crippen LogP contribution in [0.15, 0.2) is 52.7 Å². The molecule has 1 aromatic carbocycles. The second kappa shape index (κ2) is 14.0. The molecule has 182 valence electrons. The molecule has 0 spiro atoms. The SMILES string of the molecule is C=C/C=C\C(=C/I)C1CC(C)CC(CCI)(CCCC(=O)c2ccc(OC(C)C)c(C)c2)O1. The summed E-state index contributed by atoms with van der Waals surface area (Å²) >= 11 is 4.75. The van der Waals surface area contributed by atoms with Crippen LogP contribution in [0.4, 0.5) is 0 Å². The smallest absolute Gasteiger partial charge is 0.162 e. The summed E-state index contributed by atoms with van der Waals surface area (Å²) in [6.45, 7) is 12.1. The van der Waals surface area contributed by atoms with E-state index in [0.29, 0.717) is 12.3 Å². The van der Waals surface area contributed by atoms with Gasteiger partial charge in [-0.3, -0.25) is 4.79 Å². The van der Waals surface area contributed by atoms with Crippen LogP contribution >= 0.6 is 45.2 Å². The maximum absolute atomic E-state index is 12.9. The predicted molar refractivity (Wildman–Crippen MR) is 156 cm³/mol. The zero-order valence-electron chi connectivity index (χ0n) is 20.4. The third-order valence-corrected chi connectivity index (χ3v) is 7.36. The molecule has 1 aromatic rings. The summed E-state index contributed by atoms with van der Waals surface area (Å²) in [4.78, 5) is 12.9. The molecule has 1 aliphatic rings. The summed E-state index contributed by atoms with van der Waals surface area (Å²) in [7, 11) is 0. The van der Waals surface area contributed by atoms with Gasteiger partial charge in [-0.2, -0.15) is 0 Å². The maximum atomic E-state index is 12.9.